The maximum Gasteiger partial charge on any atom is 0.228 e. The second-order valence-electron chi connectivity index (χ2n) is 9.36. The zero-order chi connectivity index (χ0) is 25.1. The molecule has 2 N–H and O–H groups in total. The monoisotopic (exact) mass is 482 g/mol. The molecule has 2 aromatic carbocycles. The lowest BCUT2D eigenvalue weighted by Gasteiger charge is -2.27. The summed E-state index contributed by atoms with van der Waals surface area (Å²) in [6.07, 6.45) is 2.66. The molecule has 2 aromatic heterocycles. The first kappa shape index (κ1) is 23.5. The van der Waals surface area contributed by atoms with Gasteiger partial charge >= 0.3 is 0 Å². The number of amides is 2. The highest BCUT2D eigenvalue weighted by Crippen LogP contribution is 2.31. The van der Waals surface area contributed by atoms with Crippen LogP contribution >= 0.6 is 0 Å². The van der Waals surface area contributed by atoms with Gasteiger partial charge in [0.1, 0.15) is 11.6 Å². The number of nitrogens with one attached hydrogen (secondary N) is 2. The smallest absolute Gasteiger partial charge is 0.228 e. The lowest BCUT2D eigenvalue weighted by molar-refractivity contribution is -0.125. The van der Waals surface area contributed by atoms with Crippen LogP contribution in [0.1, 0.15) is 37.1 Å². The number of carbonyl (C=O) groups is 2. The van der Waals surface area contributed by atoms with E-state index >= 15 is 0 Å². The molecule has 36 heavy (non-hydrogen) atoms. The first-order valence-corrected chi connectivity index (χ1v) is 12.3. The molecule has 184 valence electrons. The number of anilines is 2. The van der Waals surface area contributed by atoms with Gasteiger partial charge in [0.2, 0.25) is 11.8 Å². The molecule has 8 heteroatoms. The average Bonchev–Trinajstić information content (AvgIpc) is 3.46. The zero-order valence-electron chi connectivity index (χ0n) is 20.5. The van der Waals surface area contributed by atoms with Crippen molar-refractivity contribution in [3.05, 3.63) is 84.2 Å². The van der Waals surface area contributed by atoms with Crippen molar-refractivity contribution in [2.24, 2.45) is 11.8 Å². The van der Waals surface area contributed by atoms with Crippen LogP contribution in [-0.2, 0) is 9.59 Å². The van der Waals surface area contributed by atoms with Crippen molar-refractivity contribution in [3.63, 3.8) is 0 Å². The summed E-state index contributed by atoms with van der Waals surface area (Å²) in [5.41, 5.74) is 3.46. The molecule has 0 unspecified atom stereocenters. The number of hydrogen-bond donors (Lipinski definition) is 2. The van der Waals surface area contributed by atoms with Crippen molar-refractivity contribution < 1.29 is 9.59 Å². The molecule has 4 aromatic rings. The van der Waals surface area contributed by atoms with E-state index in [4.69, 9.17) is 0 Å². The predicted molar refractivity (Wildman–Crippen MR) is 139 cm³/mol. The van der Waals surface area contributed by atoms with Gasteiger partial charge in [-0.25, -0.2) is 9.36 Å². The quantitative estimate of drug-likeness (QED) is 0.402. The number of para-hydroxylation sites is 2. The van der Waals surface area contributed by atoms with E-state index in [2.05, 4.69) is 20.8 Å². The van der Waals surface area contributed by atoms with Crippen LogP contribution in [0.2, 0.25) is 0 Å². The zero-order valence-corrected chi connectivity index (χ0v) is 20.5. The normalized spacial score (nSPS) is 17.5. The molecule has 2 heterocycles. The predicted octanol–water partition coefficient (Wildman–Crippen LogP) is 5.06. The Morgan fingerprint density at radius 1 is 0.667 bits per heavy atom. The van der Waals surface area contributed by atoms with Gasteiger partial charge in [0.05, 0.1) is 22.8 Å². The summed E-state index contributed by atoms with van der Waals surface area (Å²) in [7, 11) is 0. The van der Waals surface area contributed by atoms with Gasteiger partial charge in [-0.3, -0.25) is 9.59 Å². The Labute approximate surface area is 210 Å². The van der Waals surface area contributed by atoms with E-state index in [9.17, 15) is 9.59 Å². The third-order valence-corrected chi connectivity index (χ3v) is 6.64. The molecule has 0 spiro atoms. The minimum atomic E-state index is -0.134. The van der Waals surface area contributed by atoms with Gasteiger partial charge in [-0.1, -0.05) is 36.4 Å². The van der Waals surface area contributed by atoms with Crippen molar-refractivity contribution in [1.82, 2.24) is 19.6 Å². The van der Waals surface area contributed by atoms with Crippen LogP contribution in [0.15, 0.2) is 72.8 Å². The number of nitrogens with zero attached hydrogens (tertiary/aromatic N) is 4. The summed E-state index contributed by atoms with van der Waals surface area (Å²) in [5, 5.41) is 15.2. The lowest BCUT2D eigenvalue weighted by atomic mass is 9.81. The van der Waals surface area contributed by atoms with Crippen LogP contribution < -0.4 is 10.6 Å². The number of benzene rings is 2. The van der Waals surface area contributed by atoms with E-state index in [-0.39, 0.29) is 23.7 Å². The Kier molecular flexibility index (Phi) is 6.66. The number of carbonyl (C=O) groups excluding carboxylic acids is 2. The lowest BCUT2D eigenvalue weighted by Crippen LogP contribution is -2.32. The summed E-state index contributed by atoms with van der Waals surface area (Å²) in [6, 6.07) is 23.2. The fourth-order valence-corrected chi connectivity index (χ4v) is 4.78. The minimum Gasteiger partial charge on any atom is -0.310 e. The summed E-state index contributed by atoms with van der Waals surface area (Å²) in [4.78, 5) is 26.1. The van der Waals surface area contributed by atoms with Gasteiger partial charge in [0, 0.05) is 24.0 Å². The molecular weight excluding hydrogens is 452 g/mol. The maximum absolute atomic E-state index is 13.1. The second-order valence-corrected chi connectivity index (χ2v) is 9.36. The molecule has 0 atom stereocenters. The van der Waals surface area contributed by atoms with Crippen molar-refractivity contribution in [2.45, 2.75) is 39.5 Å². The molecule has 0 saturated heterocycles. The molecule has 8 nitrogen and oxygen atoms in total. The molecule has 1 saturated carbocycles. The van der Waals surface area contributed by atoms with Crippen LogP contribution in [0.4, 0.5) is 11.6 Å². The average molecular weight is 483 g/mol. The number of rotatable bonds is 6. The van der Waals surface area contributed by atoms with Crippen LogP contribution in [0.25, 0.3) is 11.4 Å². The van der Waals surface area contributed by atoms with Gasteiger partial charge < -0.3 is 10.6 Å². The highest BCUT2D eigenvalue weighted by molar-refractivity contribution is 5.94. The van der Waals surface area contributed by atoms with Gasteiger partial charge in [0.15, 0.2) is 0 Å². The molecule has 2 amide bonds. The Bertz CT molecular complexity index is 1250. The van der Waals surface area contributed by atoms with E-state index in [0.717, 1.165) is 22.8 Å². The number of aromatic nitrogens is 4. The van der Waals surface area contributed by atoms with Crippen LogP contribution in [-0.4, -0.2) is 31.4 Å². The Hall–Kier alpha value is -4.20. The molecule has 5 rings (SSSR count). The first-order chi connectivity index (χ1) is 17.5. The molecule has 0 radical (unpaired) electrons. The molecule has 1 fully saturated rings. The van der Waals surface area contributed by atoms with Gasteiger partial charge in [-0.05, 0) is 63.8 Å². The molecule has 1 aliphatic rings. The highest BCUT2D eigenvalue weighted by atomic mass is 16.2. The number of aryl methyl sites for hydroxylation is 2. The van der Waals surface area contributed by atoms with E-state index in [1.165, 1.54) is 0 Å². The number of hydrogen-bond acceptors (Lipinski definition) is 4. The second kappa shape index (κ2) is 10.2. The van der Waals surface area contributed by atoms with E-state index in [0.29, 0.717) is 37.3 Å². The summed E-state index contributed by atoms with van der Waals surface area (Å²) in [5.74, 6) is 1.00. The van der Waals surface area contributed by atoms with E-state index in [1.54, 1.807) is 9.36 Å². The molecule has 0 aliphatic heterocycles. The van der Waals surface area contributed by atoms with Crippen LogP contribution in [0.5, 0.6) is 0 Å². The Morgan fingerprint density at radius 3 is 1.39 bits per heavy atom. The topological polar surface area (TPSA) is 93.8 Å². The third-order valence-electron chi connectivity index (χ3n) is 6.64. The Morgan fingerprint density at radius 2 is 1.03 bits per heavy atom. The van der Waals surface area contributed by atoms with Crippen molar-refractivity contribution in [3.8, 4) is 11.4 Å². The third kappa shape index (κ3) is 5.07. The molecule has 0 bridgehead atoms. The van der Waals surface area contributed by atoms with Crippen LogP contribution in [0.3, 0.4) is 0 Å². The minimum absolute atomic E-state index is 0.0243. The van der Waals surface area contributed by atoms with Gasteiger partial charge in [-0.2, -0.15) is 10.2 Å². The molecule has 1 aliphatic carbocycles. The van der Waals surface area contributed by atoms with Gasteiger partial charge in [-0.15, -0.1) is 0 Å². The van der Waals surface area contributed by atoms with Crippen molar-refractivity contribution in [1.29, 1.82) is 0 Å². The standard InChI is InChI=1S/C28H30N6O2/c1-19-17-25(33(31-19)23-9-5-3-6-10-23)29-27(35)21-13-15-22(16-14-21)28(36)30-26-18-20(2)32-34(26)24-11-7-4-8-12-24/h3-12,17-18,21-22H,13-16H2,1-2H3,(H,29,35)(H,30,36). The van der Waals surface area contributed by atoms with Crippen molar-refractivity contribution >= 4 is 23.5 Å². The largest absolute Gasteiger partial charge is 0.310 e. The maximum atomic E-state index is 13.1. The highest BCUT2D eigenvalue weighted by Gasteiger charge is 2.31. The summed E-state index contributed by atoms with van der Waals surface area (Å²) in [6.45, 7) is 3.81. The summed E-state index contributed by atoms with van der Waals surface area (Å²) >= 11 is 0. The SMILES string of the molecule is Cc1cc(NC(=O)C2CCC(C(=O)Nc3cc(C)nn3-c3ccccc3)CC2)n(-c2ccccc2)n1. The Balaban J connectivity index is 1.20. The fraction of sp³-hybridized carbons (Fsp3) is 0.286. The van der Waals surface area contributed by atoms with Crippen molar-refractivity contribution in [2.75, 3.05) is 10.6 Å². The van der Waals surface area contributed by atoms with Gasteiger partial charge in [0.25, 0.3) is 0 Å². The summed E-state index contributed by atoms with van der Waals surface area (Å²) < 4.78 is 3.51. The molecular formula is C28H30N6O2. The van der Waals surface area contributed by atoms with Crippen LogP contribution in [0, 0.1) is 25.7 Å². The fourth-order valence-electron chi connectivity index (χ4n) is 4.78. The van der Waals surface area contributed by atoms with E-state index < -0.39 is 0 Å². The first-order valence-electron chi connectivity index (χ1n) is 12.3. The van der Waals surface area contributed by atoms with E-state index in [1.807, 2.05) is 86.6 Å².